The van der Waals surface area contributed by atoms with Gasteiger partial charge in [0.1, 0.15) is 0 Å². The van der Waals surface area contributed by atoms with Crippen LogP contribution in [0.1, 0.15) is 11.1 Å². The van der Waals surface area contributed by atoms with Gasteiger partial charge in [0.05, 0.1) is 0 Å². The van der Waals surface area contributed by atoms with E-state index in [2.05, 4.69) is 64.1 Å². The number of aliphatic imine (C=N–C) groups is 1. The van der Waals surface area contributed by atoms with Gasteiger partial charge in [-0.2, -0.15) is 0 Å². The van der Waals surface area contributed by atoms with Crippen molar-refractivity contribution in [2.24, 2.45) is 4.99 Å². The first-order valence-corrected chi connectivity index (χ1v) is 8.74. The summed E-state index contributed by atoms with van der Waals surface area (Å²) in [6.07, 6.45) is 1.83. The summed E-state index contributed by atoms with van der Waals surface area (Å²) in [5.41, 5.74) is 4.17. The van der Waals surface area contributed by atoms with Gasteiger partial charge in [-0.3, -0.25) is 9.89 Å². The lowest BCUT2D eigenvalue weighted by Gasteiger charge is -2.37. The van der Waals surface area contributed by atoms with Crippen molar-refractivity contribution in [3.8, 4) is 0 Å². The van der Waals surface area contributed by atoms with Crippen molar-refractivity contribution in [2.45, 2.75) is 13.8 Å². The van der Waals surface area contributed by atoms with Crippen LogP contribution in [-0.4, -0.2) is 63.7 Å². The van der Waals surface area contributed by atoms with Crippen molar-refractivity contribution < 1.29 is 0 Å². The molecular formula is C19H31N5. The molecule has 5 nitrogen and oxygen atoms in total. The van der Waals surface area contributed by atoms with Crippen LogP contribution >= 0.6 is 0 Å². The predicted octanol–water partition coefficient (Wildman–Crippen LogP) is 1.78. The molecule has 0 atom stereocenters. The van der Waals surface area contributed by atoms with Gasteiger partial charge in [0.25, 0.3) is 0 Å². The summed E-state index contributed by atoms with van der Waals surface area (Å²) in [7, 11) is 1.79. The average Bonchev–Trinajstić information content (AvgIpc) is 2.61. The highest BCUT2D eigenvalue weighted by atomic mass is 15.3. The van der Waals surface area contributed by atoms with Crippen LogP contribution in [0.5, 0.6) is 0 Å². The number of hydrogen-bond acceptors (Lipinski definition) is 3. The largest absolute Gasteiger partial charge is 0.369 e. The molecule has 132 valence electrons. The first-order chi connectivity index (χ1) is 11.7. The Kier molecular flexibility index (Phi) is 7.12. The second-order valence-electron chi connectivity index (χ2n) is 6.22. The first kappa shape index (κ1) is 18.3. The van der Waals surface area contributed by atoms with Gasteiger partial charge < -0.3 is 15.5 Å². The lowest BCUT2D eigenvalue weighted by molar-refractivity contribution is 0.261. The van der Waals surface area contributed by atoms with Crippen molar-refractivity contribution in [1.29, 1.82) is 0 Å². The number of anilines is 1. The van der Waals surface area contributed by atoms with Crippen LogP contribution in [-0.2, 0) is 0 Å². The van der Waals surface area contributed by atoms with Gasteiger partial charge in [-0.1, -0.05) is 18.2 Å². The Morgan fingerprint density at radius 3 is 2.62 bits per heavy atom. The zero-order valence-electron chi connectivity index (χ0n) is 15.3. The standard InChI is InChI=1S/C19H31N5/c1-5-9-21-19(20-4)22-10-11-23-12-14-24(15-13-23)18-8-6-7-16(2)17(18)3/h5-8H,1,9-15H2,2-4H3,(H2,20,21,22). The molecule has 1 saturated heterocycles. The molecule has 1 aromatic rings. The van der Waals surface area contributed by atoms with Gasteiger partial charge in [-0.05, 0) is 31.0 Å². The highest BCUT2D eigenvalue weighted by molar-refractivity contribution is 5.79. The minimum absolute atomic E-state index is 0.730. The van der Waals surface area contributed by atoms with Crippen LogP contribution in [0, 0.1) is 13.8 Å². The Morgan fingerprint density at radius 1 is 1.21 bits per heavy atom. The number of piperazine rings is 1. The Bertz CT molecular complexity index is 559. The van der Waals surface area contributed by atoms with Crippen LogP contribution in [0.25, 0.3) is 0 Å². The summed E-state index contributed by atoms with van der Waals surface area (Å²) in [6.45, 7) is 15.2. The van der Waals surface area contributed by atoms with E-state index in [1.54, 1.807) is 7.05 Å². The summed E-state index contributed by atoms with van der Waals surface area (Å²) >= 11 is 0. The van der Waals surface area contributed by atoms with Crippen molar-refractivity contribution in [1.82, 2.24) is 15.5 Å². The molecule has 24 heavy (non-hydrogen) atoms. The molecule has 2 N–H and O–H groups in total. The zero-order valence-corrected chi connectivity index (χ0v) is 15.3. The van der Waals surface area contributed by atoms with Crippen molar-refractivity contribution in [3.63, 3.8) is 0 Å². The summed E-state index contributed by atoms with van der Waals surface area (Å²) in [6, 6.07) is 6.60. The van der Waals surface area contributed by atoms with Gasteiger partial charge in [-0.15, -0.1) is 6.58 Å². The highest BCUT2D eigenvalue weighted by Crippen LogP contribution is 2.23. The monoisotopic (exact) mass is 329 g/mol. The molecule has 0 radical (unpaired) electrons. The van der Waals surface area contributed by atoms with Gasteiger partial charge in [0, 0.05) is 58.5 Å². The fourth-order valence-electron chi connectivity index (χ4n) is 3.01. The number of aryl methyl sites for hydroxylation is 1. The van der Waals surface area contributed by atoms with E-state index in [0.29, 0.717) is 0 Å². The summed E-state index contributed by atoms with van der Waals surface area (Å²) in [4.78, 5) is 9.22. The fourth-order valence-corrected chi connectivity index (χ4v) is 3.01. The Labute approximate surface area is 146 Å². The topological polar surface area (TPSA) is 42.9 Å². The number of rotatable bonds is 6. The molecule has 0 bridgehead atoms. The maximum absolute atomic E-state index is 4.20. The number of guanidine groups is 1. The lowest BCUT2D eigenvalue weighted by atomic mass is 10.1. The lowest BCUT2D eigenvalue weighted by Crippen LogP contribution is -2.49. The quantitative estimate of drug-likeness (QED) is 0.474. The third-order valence-electron chi connectivity index (χ3n) is 4.65. The molecular weight excluding hydrogens is 298 g/mol. The summed E-state index contributed by atoms with van der Waals surface area (Å²) in [5.74, 6) is 0.837. The van der Waals surface area contributed by atoms with Crippen LogP contribution in [0.4, 0.5) is 5.69 Å². The van der Waals surface area contributed by atoms with Crippen LogP contribution in [0.2, 0.25) is 0 Å². The molecule has 0 unspecified atom stereocenters. The second kappa shape index (κ2) is 9.33. The predicted molar refractivity (Wildman–Crippen MR) is 104 cm³/mol. The molecule has 1 aliphatic rings. The zero-order chi connectivity index (χ0) is 17.4. The molecule has 1 heterocycles. The molecule has 1 aliphatic heterocycles. The number of benzene rings is 1. The van der Waals surface area contributed by atoms with Crippen molar-refractivity contribution in [2.75, 3.05) is 57.8 Å². The summed E-state index contributed by atoms with van der Waals surface area (Å²) in [5, 5.41) is 6.54. The van der Waals surface area contributed by atoms with E-state index in [9.17, 15) is 0 Å². The van der Waals surface area contributed by atoms with Crippen LogP contribution < -0.4 is 15.5 Å². The van der Waals surface area contributed by atoms with E-state index >= 15 is 0 Å². The van der Waals surface area contributed by atoms with E-state index in [1.807, 2.05) is 6.08 Å². The molecule has 1 aromatic carbocycles. The van der Waals surface area contributed by atoms with E-state index in [1.165, 1.54) is 16.8 Å². The molecule has 0 amide bonds. The van der Waals surface area contributed by atoms with Gasteiger partial charge >= 0.3 is 0 Å². The van der Waals surface area contributed by atoms with E-state index in [0.717, 1.165) is 51.8 Å². The number of nitrogens with zero attached hydrogens (tertiary/aromatic N) is 3. The Balaban J connectivity index is 1.75. The fraction of sp³-hybridized carbons (Fsp3) is 0.526. The minimum atomic E-state index is 0.730. The maximum atomic E-state index is 4.20. The van der Waals surface area contributed by atoms with Crippen LogP contribution in [0.15, 0.2) is 35.8 Å². The molecule has 0 aliphatic carbocycles. The molecule has 0 aromatic heterocycles. The van der Waals surface area contributed by atoms with E-state index in [4.69, 9.17) is 0 Å². The molecule has 0 spiro atoms. The second-order valence-corrected chi connectivity index (χ2v) is 6.22. The molecule has 5 heteroatoms. The smallest absolute Gasteiger partial charge is 0.191 e. The first-order valence-electron chi connectivity index (χ1n) is 8.74. The van der Waals surface area contributed by atoms with Gasteiger partial charge in [-0.25, -0.2) is 0 Å². The number of nitrogens with one attached hydrogen (secondary N) is 2. The van der Waals surface area contributed by atoms with Crippen molar-refractivity contribution >= 4 is 11.6 Å². The normalized spacial score (nSPS) is 16.1. The van der Waals surface area contributed by atoms with Crippen LogP contribution in [0.3, 0.4) is 0 Å². The SMILES string of the molecule is C=CCNC(=NC)NCCN1CCN(c2cccc(C)c2C)CC1. The van der Waals surface area contributed by atoms with Gasteiger partial charge in [0.2, 0.25) is 0 Å². The van der Waals surface area contributed by atoms with Gasteiger partial charge in [0.15, 0.2) is 5.96 Å². The molecule has 1 fully saturated rings. The summed E-state index contributed by atoms with van der Waals surface area (Å²) < 4.78 is 0. The molecule has 2 rings (SSSR count). The maximum Gasteiger partial charge on any atom is 0.191 e. The third kappa shape index (κ3) is 4.99. The highest BCUT2D eigenvalue weighted by Gasteiger charge is 2.18. The van der Waals surface area contributed by atoms with E-state index < -0.39 is 0 Å². The van der Waals surface area contributed by atoms with Crippen molar-refractivity contribution in [3.05, 3.63) is 42.0 Å². The Morgan fingerprint density at radius 2 is 1.96 bits per heavy atom. The average molecular weight is 329 g/mol. The molecule has 0 saturated carbocycles. The van der Waals surface area contributed by atoms with E-state index in [-0.39, 0.29) is 0 Å². The Hall–Kier alpha value is -2.01. The minimum Gasteiger partial charge on any atom is -0.369 e. The third-order valence-corrected chi connectivity index (χ3v) is 4.65. The number of hydrogen-bond donors (Lipinski definition) is 2.